The lowest BCUT2D eigenvalue weighted by atomic mass is 9.95. The summed E-state index contributed by atoms with van der Waals surface area (Å²) < 4.78 is 11.7. The molecule has 2 aliphatic rings. The van der Waals surface area contributed by atoms with Crippen LogP contribution in [0.4, 0.5) is 5.69 Å². The van der Waals surface area contributed by atoms with Crippen LogP contribution in [0.3, 0.4) is 0 Å². The Kier molecular flexibility index (Phi) is 9.90. The fraction of sp³-hybridized carbons (Fsp3) is 0.600. The molecule has 1 aromatic carbocycles. The van der Waals surface area contributed by atoms with Gasteiger partial charge in [0.15, 0.2) is 0 Å². The van der Waals surface area contributed by atoms with Crippen LogP contribution in [0.25, 0.3) is 0 Å². The number of piperidine rings is 1. The van der Waals surface area contributed by atoms with Crippen LogP contribution in [0, 0.1) is 10.1 Å². The average Bonchev–Trinajstić information content (AvgIpc) is 2.83. The van der Waals surface area contributed by atoms with E-state index in [4.69, 9.17) is 14.6 Å². The van der Waals surface area contributed by atoms with Crippen LogP contribution >= 0.6 is 34.0 Å². The molecule has 1 N–H and O–H groups in total. The number of hydrogen-bond donors (Lipinski definition) is 1. The fourth-order valence-electron chi connectivity index (χ4n) is 4.87. The molecule has 2 aliphatic heterocycles. The topological polar surface area (TPSA) is 116 Å². The normalized spacial score (nSPS) is 26.2. The summed E-state index contributed by atoms with van der Waals surface area (Å²) in [7, 11) is 3.71. The molecular weight excluding hydrogens is 540 g/mol. The lowest BCUT2D eigenvalue weighted by molar-refractivity contribution is -0.961. The highest BCUT2D eigenvalue weighted by atomic mass is 79.9. The van der Waals surface area contributed by atoms with Crippen molar-refractivity contribution >= 4 is 51.6 Å². The Bertz CT molecular complexity index is 807. The van der Waals surface area contributed by atoms with Gasteiger partial charge in [0.25, 0.3) is 5.69 Å². The number of hydrogen-bond acceptors (Lipinski definition) is 6. The molecule has 0 radical (unpaired) electrons. The highest BCUT2D eigenvalue weighted by molar-refractivity contribution is 8.93. The van der Waals surface area contributed by atoms with Crippen molar-refractivity contribution in [1.82, 2.24) is 0 Å². The minimum absolute atomic E-state index is 0. The van der Waals surface area contributed by atoms with Gasteiger partial charge in [-0.3, -0.25) is 19.7 Å². The number of nitrogens with zero attached hydrogens (tertiary/aromatic N) is 2. The molecular formula is C20H29Br2N2O7+. The number of halogens is 2. The number of nitro groups is 1. The molecule has 2 heterocycles. The molecule has 2 saturated heterocycles. The third-order valence-electron chi connectivity index (χ3n) is 6.40. The van der Waals surface area contributed by atoms with Gasteiger partial charge in [-0.1, -0.05) is 0 Å². The smallest absolute Gasteiger partial charge is 0.306 e. The van der Waals surface area contributed by atoms with Gasteiger partial charge < -0.3 is 19.1 Å². The molecule has 31 heavy (non-hydrogen) atoms. The second-order valence-corrected chi connectivity index (χ2v) is 8.12. The fourth-order valence-corrected chi connectivity index (χ4v) is 4.87. The van der Waals surface area contributed by atoms with Gasteiger partial charge in [0.2, 0.25) is 0 Å². The number of rotatable bonds is 8. The SMILES string of the molecule is Br.Br.COc1ccc([N+](=O)[O-])cc1C[N+]1(C)[C@@H]2CC[C@H]1CC(OC(=O)CCC(=O)O)C2. The van der Waals surface area contributed by atoms with Crippen molar-refractivity contribution in [3.05, 3.63) is 33.9 Å². The number of carbonyl (C=O) groups is 2. The number of carbonyl (C=O) groups excluding carboxylic acids is 1. The Morgan fingerprint density at radius 2 is 1.81 bits per heavy atom. The van der Waals surface area contributed by atoms with Crippen LogP contribution in [-0.2, 0) is 20.9 Å². The third kappa shape index (κ3) is 6.17. The first-order chi connectivity index (χ1) is 13.7. The first-order valence-electron chi connectivity index (χ1n) is 9.80. The van der Waals surface area contributed by atoms with E-state index in [2.05, 4.69) is 7.05 Å². The van der Waals surface area contributed by atoms with E-state index >= 15 is 0 Å². The molecule has 0 saturated carbocycles. The number of aliphatic carboxylic acids is 1. The van der Waals surface area contributed by atoms with E-state index in [1.54, 1.807) is 19.2 Å². The van der Waals surface area contributed by atoms with E-state index in [9.17, 15) is 19.7 Å². The Balaban J connectivity index is 0.00000240. The molecule has 174 valence electrons. The molecule has 11 heteroatoms. The summed E-state index contributed by atoms with van der Waals surface area (Å²) in [6.07, 6.45) is 2.89. The minimum Gasteiger partial charge on any atom is -0.496 e. The Morgan fingerprint density at radius 1 is 1.19 bits per heavy atom. The van der Waals surface area contributed by atoms with E-state index in [1.807, 2.05) is 0 Å². The third-order valence-corrected chi connectivity index (χ3v) is 6.40. The molecule has 2 fully saturated rings. The first-order valence-corrected chi connectivity index (χ1v) is 9.80. The summed E-state index contributed by atoms with van der Waals surface area (Å²) in [4.78, 5) is 33.3. The monoisotopic (exact) mass is 567 g/mol. The Hall–Kier alpha value is -1.72. The van der Waals surface area contributed by atoms with Crippen molar-refractivity contribution in [2.75, 3.05) is 14.2 Å². The minimum atomic E-state index is -1.01. The van der Waals surface area contributed by atoms with Gasteiger partial charge >= 0.3 is 11.9 Å². The predicted octanol–water partition coefficient (Wildman–Crippen LogP) is 3.81. The summed E-state index contributed by atoms with van der Waals surface area (Å²) >= 11 is 0. The predicted molar refractivity (Wildman–Crippen MR) is 123 cm³/mol. The largest absolute Gasteiger partial charge is 0.496 e. The molecule has 0 spiro atoms. The van der Waals surface area contributed by atoms with Crippen LogP contribution in [-0.4, -0.2) is 58.8 Å². The zero-order valence-electron chi connectivity index (χ0n) is 17.5. The summed E-state index contributed by atoms with van der Waals surface area (Å²) in [6, 6.07) is 5.21. The number of carboxylic acids is 1. The number of methoxy groups -OCH3 is 1. The molecule has 2 unspecified atom stereocenters. The zero-order valence-corrected chi connectivity index (χ0v) is 20.9. The second-order valence-electron chi connectivity index (χ2n) is 8.12. The molecule has 9 nitrogen and oxygen atoms in total. The van der Waals surface area contributed by atoms with Gasteiger partial charge in [0, 0.05) is 37.8 Å². The maximum Gasteiger partial charge on any atom is 0.306 e. The molecule has 0 aromatic heterocycles. The number of esters is 1. The lowest BCUT2D eigenvalue weighted by Gasteiger charge is -2.47. The molecule has 0 amide bonds. The number of carboxylic acid groups (broad SMARTS) is 1. The quantitative estimate of drug-likeness (QED) is 0.219. The van der Waals surface area contributed by atoms with Crippen molar-refractivity contribution in [3.63, 3.8) is 0 Å². The lowest BCUT2D eigenvalue weighted by Crippen LogP contribution is -2.58. The summed E-state index contributed by atoms with van der Waals surface area (Å²) in [5.41, 5.74) is 0.847. The number of nitro benzene ring substituents is 1. The van der Waals surface area contributed by atoms with Crippen molar-refractivity contribution in [2.45, 2.75) is 63.3 Å². The Morgan fingerprint density at radius 3 is 2.32 bits per heavy atom. The van der Waals surface area contributed by atoms with Crippen molar-refractivity contribution in [1.29, 1.82) is 0 Å². The standard InChI is InChI=1S/C20H26N2O7.2BrH/c1-22(12-13-9-14(21(26)27)3-6-18(13)28-2)15-4-5-16(22)11-17(10-15)29-20(25)8-7-19(23)24;;/h3,6,9,15-17H,4-5,7-8,10-12H2,1-2H3;2*1H/p+1/t15-,16+,17?,22?;;. The highest BCUT2D eigenvalue weighted by Crippen LogP contribution is 2.44. The van der Waals surface area contributed by atoms with Gasteiger partial charge in [-0.25, -0.2) is 0 Å². The maximum absolute atomic E-state index is 11.9. The summed E-state index contributed by atoms with van der Waals surface area (Å²) in [5.74, 6) is -0.842. The van der Waals surface area contributed by atoms with Crippen LogP contribution < -0.4 is 4.74 Å². The van der Waals surface area contributed by atoms with Gasteiger partial charge in [-0.15, -0.1) is 34.0 Å². The molecule has 2 bridgehead atoms. The van der Waals surface area contributed by atoms with Crippen LogP contribution in [0.2, 0.25) is 0 Å². The van der Waals surface area contributed by atoms with Crippen LogP contribution in [0.1, 0.15) is 44.1 Å². The van der Waals surface area contributed by atoms with Gasteiger partial charge in [0.05, 0.1) is 49.6 Å². The number of benzene rings is 1. The number of ether oxygens (including phenoxy) is 2. The number of non-ortho nitro benzene ring substituents is 1. The highest BCUT2D eigenvalue weighted by Gasteiger charge is 2.52. The van der Waals surface area contributed by atoms with Gasteiger partial charge in [-0.2, -0.15) is 0 Å². The molecule has 4 atom stereocenters. The van der Waals surface area contributed by atoms with Crippen LogP contribution in [0.5, 0.6) is 5.75 Å². The van der Waals surface area contributed by atoms with E-state index < -0.39 is 16.9 Å². The second kappa shape index (κ2) is 11.2. The van der Waals surface area contributed by atoms with Crippen LogP contribution in [0.15, 0.2) is 18.2 Å². The van der Waals surface area contributed by atoms with Crippen molar-refractivity contribution < 1.29 is 33.6 Å². The zero-order chi connectivity index (χ0) is 21.2. The average molecular weight is 569 g/mol. The van der Waals surface area contributed by atoms with E-state index in [0.29, 0.717) is 25.1 Å². The molecule has 0 aliphatic carbocycles. The summed E-state index contributed by atoms with van der Waals surface area (Å²) in [6.45, 7) is 0.611. The maximum atomic E-state index is 11.9. The molecule has 3 rings (SSSR count). The summed E-state index contributed by atoms with van der Waals surface area (Å²) in [5, 5.41) is 19.9. The van der Waals surface area contributed by atoms with E-state index in [0.717, 1.165) is 22.9 Å². The van der Waals surface area contributed by atoms with Gasteiger partial charge in [0.1, 0.15) is 18.4 Å². The first kappa shape index (κ1) is 27.3. The van der Waals surface area contributed by atoms with Crippen molar-refractivity contribution in [2.24, 2.45) is 0 Å². The number of fused-ring (bicyclic) bond motifs is 2. The Labute approximate surface area is 202 Å². The van der Waals surface area contributed by atoms with Crippen molar-refractivity contribution in [3.8, 4) is 5.75 Å². The van der Waals surface area contributed by atoms with E-state index in [-0.39, 0.29) is 70.7 Å². The molecule has 1 aromatic rings. The number of quaternary nitrogens is 1. The van der Waals surface area contributed by atoms with Gasteiger partial charge in [-0.05, 0) is 6.07 Å². The van der Waals surface area contributed by atoms with E-state index in [1.165, 1.54) is 6.07 Å².